The Morgan fingerprint density at radius 3 is 2.42 bits per heavy atom. The molecule has 0 aliphatic heterocycles. The number of sulfonamides is 1. The number of nitrogens with one attached hydrogen (secondary N) is 2. The standard InChI is InChI=1S/C16H16N4O3S/c1-20(2)24(22,23)12-9-7-11(8-10-12)17-16(21)15-13-5-3-4-6-14(13)18-19-15/h3-10H,1-2H3,(H,17,21)(H,18,19). The van der Waals surface area contributed by atoms with Gasteiger partial charge in [0.2, 0.25) is 10.0 Å². The van der Waals surface area contributed by atoms with Gasteiger partial charge in [0, 0.05) is 25.2 Å². The Bertz CT molecular complexity index is 992. The summed E-state index contributed by atoms with van der Waals surface area (Å²) in [6.07, 6.45) is 0. The zero-order valence-electron chi connectivity index (χ0n) is 13.1. The number of hydrogen-bond acceptors (Lipinski definition) is 4. The number of amides is 1. The molecular formula is C16H16N4O3S. The van der Waals surface area contributed by atoms with Crippen LogP contribution in [0.5, 0.6) is 0 Å². The first-order valence-electron chi connectivity index (χ1n) is 7.16. The van der Waals surface area contributed by atoms with Gasteiger partial charge in [0.1, 0.15) is 0 Å². The van der Waals surface area contributed by atoms with E-state index < -0.39 is 10.0 Å². The molecule has 24 heavy (non-hydrogen) atoms. The second-order valence-corrected chi connectivity index (χ2v) is 7.54. The van der Waals surface area contributed by atoms with Crippen molar-refractivity contribution in [2.75, 3.05) is 19.4 Å². The second-order valence-electron chi connectivity index (χ2n) is 5.38. The fourth-order valence-corrected chi connectivity index (χ4v) is 3.15. The van der Waals surface area contributed by atoms with Crippen molar-refractivity contribution < 1.29 is 13.2 Å². The highest BCUT2D eigenvalue weighted by Gasteiger charge is 2.18. The molecule has 8 heteroatoms. The van der Waals surface area contributed by atoms with Crippen LogP contribution >= 0.6 is 0 Å². The van der Waals surface area contributed by atoms with E-state index in [9.17, 15) is 13.2 Å². The van der Waals surface area contributed by atoms with E-state index in [4.69, 9.17) is 0 Å². The third-order valence-electron chi connectivity index (χ3n) is 3.58. The Morgan fingerprint density at radius 1 is 1.08 bits per heavy atom. The van der Waals surface area contributed by atoms with Gasteiger partial charge < -0.3 is 5.32 Å². The number of anilines is 1. The van der Waals surface area contributed by atoms with E-state index in [2.05, 4.69) is 15.5 Å². The number of H-pyrrole nitrogens is 1. The average molecular weight is 344 g/mol. The maximum absolute atomic E-state index is 12.4. The molecule has 3 aromatic rings. The monoisotopic (exact) mass is 344 g/mol. The molecule has 1 amide bonds. The summed E-state index contributed by atoms with van der Waals surface area (Å²) in [6.45, 7) is 0. The zero-order valence-corrected chi connectivity index (χ0v) is 14.0. The van der Waals surface area contributed by atoms with Crippen molar-refractivity contribution in [3.63, 3.8) is 0 Å². The maximum Gasteiger partial charge on any atom is 0.276 e. The molecule has 3 rings (SSSR count). The lowest BCUT2D eigenvalue weighted by atomic mass is 10.2. The Morgan fingerprint density at radius 2 is 1.75 bits per heavy atom. The number of aromatic nitrogens is 2. The molecule has 2 N–H and O–H groups in total. The number of carbonyl (C=O) groups is 1. The zero-order chi connectivity index (χ0) is 17.3. The normalized spacial score (nSPS) is 11.8. The van der Waals surface area contributed by atoms with Crippen molar-refractivity contribution in [3.05, 3.63) is 54.2 Å². The third kappa shape index (κ3) is 2.89. The highest BCUT2D eigenvalue weighted by molar-refractivity contribution is 7.89. The van der Waals surface area contributed by atoms with Gasteiger partial charge in [0.15, 0.2) is 5.69 Å². The first-order chi connectivity index (χ1) is 11.4. The van der Waals surface area contributed by atoms with Crippen molar-refractivity contribution in [2.24, 2.45) is 0 Å². The lowest BCUT2D eigenvalue weighted by Gasteiger charge is -2.11. The number of carbonyl (C=O) groups excluding carboxylic acids is 1. The largest absolute Gasteiger partial charge is 0.321 e. The molecule has 0 fully saturated rings. The summed E-state index contributed by atoms with van der Waals surface area (Å²) in [6, 6.07) is 13.3. The van der Waals surface area contributed by atoms with Crippen molar-refractivity contribution in [3.8, 4) is 0 Å². The Kier molecular flexibility index (Phi) is 4.08. The molecule has 0 bridgehead atoms. The number of nitrogens with zero attached hydrogens (tertiary/aromatic N) is 2. The van der Waals surface area contributed by atoms with Crippen LogP contribution in [0.1, 0.15) is 10.5 Å². The fourth-order valence-electron chi connectivity index (χ4n) is 2.25. The first kappa shape index (κ1) is 16.2. The lowest BCUT2D eigenvalue weighted by Crippen LogP contribution is -2.22. The predicted molar refractivity (Wildman–Crippen MR) is 91.4 cm³/mol. The number of para-hydroxylation sites is 1. The van der Waals surface area contributed by atoms with E-state index in [1.807, 2.05) is 18.2 Å². The van der Waals surface area contributed by atoms with Crippen LogP contribution in [-0.4, -0.2) is 42.9 Å². The molecule has 0 saturated carbocycles. The minimum absolute atomic E-state index is 0.163. The molecule has 1 heterocycles. The Labute approximate surface area is 139 Å². The van der Waals surface area contributed by atoms with Crippen LogP contribution in [0.3, 0.4) is 0 Å². The van der Waals surface area contributed by atoms with Crippen molar-refractivity contribution >= 4 is 32.5 Å². The van der Waals surface area contributed by atoms with Gasteiger partial charge in [-0.1, -0.05) is 18.2 Å². The van der Waals surface area contributed by atoms with Crippen LogP contribution in [-0.2, 0) is 10.0 Å². The molecule has 0 aliphatic rings. The number of rotatable bonds is 4. The van der Waals surface area contributed by atoms with Crippen LogP contribution in [0.4, 0.5) is 5.69 Å². The summed E-state index contributed by atoms with van der Waals surface area (Å²) in [5.74, 6) is -0.365. The van der Waals surface area contributed by atoms with E-state index in [1.54, 1.807) is 18.2 Å². The summed E-state index contributed by atoms with van der Waals surface area (Å²) in [5, 5.41) is 10.3. The molecule has 0 saturated heterocycles. The molecule has 7 nitrogen and oxygen atoms in total. The minimum atomic E-state index is -3.49. The van der Waals surface area contributed by atoms with Crippen LogP contribution in [0.2, 0.25) is 0 Å². The molecule has 0 unspecified atom stereocenters. The van der Waals surface area contributed by atoms with Crippen molar-refractivity contribution in [1.29, 1.82) is 0 Å². The van der Waals surface area contributed by atoms with E-state index in [0.717, 1.165) is 15.2 Å². The van der Waals surface area contributed by atoms with E-state index in [0.29, 0.717) is 5.69 Å². The first-order valence-corrected chi connectivity index (χ1v) is 8.60. The molecule has 0 aliphatic carbocycles. The van der Waals surface area contributed by atoms with Gasteiger partial charge in [0.25, 0.3) is 5.91 Å². The molecule has 0 atom stereocenters. The lowest BCUT2D eigenvalue weighted by molar-refractivity contribution is 0.102. The quantitative estimate of drug-likeness (QED) is 0.757. The third-order valence-corrected chi connectivity index (χ3v) is 5.41. The molecule has 124 valence electrons. The number of benzene rings is 2. The minimum Gasteiger partial charge on any atom is -0.321 e. The SMILES string of the molecule is CN(C)S(=O)(=O)c1ccc(NC(=O)c2n[nH]c3ccccc23)cc1. The highest BCUT2D eigenvalue weighted by atomic mass is 32.2. The van der Waals surface area contributed by atoms with Crippen LogP contribution in [0.15, 0.2) is 53.4 Å². The highest BCUT2D eigenvalue weighted by Crippen LogP contribution is 2.19. The summed E-state index contributed by atoms with van der Waals surface area (Å²) in [5.41, 5.74) is 1.55. The van der Waals surface area contributed by atoms with Gasteiger partial charge in [-0.3, -0.25) is 9.89 Å². The summed E-state index contributed by atoms with van der Waals surface area (Å²) < 4.78 is 25.2. The van der Waals surface area contributed by atoms with Crippen LogP contribution in [0, 0.1) is 0 Å². The fraction of sp³-hybridized carbons (Fsp3) is 0.125. The molecule has 0 radical (unpaired) electrons. The summed E-state index contributed by atoms with van der Waals surface area (Å²) >= 11 is 0. The summed E-state index contributed by atoms with van der Waals surface area (Å²) in [4.78, 5) is 12.5. The van der Waals surface area contributed by atoms with Gasteiger partial charge >= 0.3 is 0 Å². The van der Waals surface area contributed by atoms with Gasteiger partial charge in [-0.25, -0.2) is 12.7 Å². The van der Waals surface area contributed by atoms with Gasteiger partial charge in [0.05, 0.1) is 10.4 Å². The molecule has 1 aromatic heterocycles. The van der Waals surface area contributed by atoms with E-state index >= 15 is 0 Å². The van der Waals surface area contributed by atoms with Gasteiger partial charge in [-0.2, -0.15) is 5.10 Å². The summed E-state index contributed by atoms with van der Waals surface area (Å²) in [7, 11) is -0.559. The predicted octanol–water partition coefficient (Wildman–Crippen LogP) is 2.07. The smallest absolute Gasteiger partial charge is 0.276 e. The molecular weight excluding hydrogens is 328 g/mol. The topological polar surface area (TPSA) is 95.2 Å². The van der Waals surface area contributed by atoms with Gasteiger partial charge in [-0.15, -0.1) is 0 Å². The van der Waals surface area contributed by atoms with Crippen LogP contribution < -0.4 is 5.32 Å². The van der Waals surface area contributed by atoms with Crippen molar-refractivity contribution in [2.45, 2.75) is 4.90 Å². The number of fused-ring (bicyclic) bond motifs is 1. The Hall–Kier alpha value is -2.71. The number of aromatic amines is 1. The second kappa shape index (κ2) is 6.06. The Balaban J connectivity index is 1.83. The average Bonchev–Trinajstić information content (AvgIpc) is 2.99. The maximum atomic E-state index is 12.4. The van der Waals surface area contributed by atoms with Crippen LogP contribution in [0.25, 0.3) is 10.9 Å². The number of hydrogen-bond donors (Lipinski definition) is 2. The van der Waals surface area contributed by atoms with E-state index in [-0.39, 0.29) is 16.5 Å². The molecule has 0 spiro atoms. The van der Waals surface area contributed by atoms with Crippen molar-refractivity contribution in [1.82, 2.24) is 14.5 Å². The van der Waals surface area contributed by atoms with Gasteiger partial charge in [-0.05, 0) is 30.3 Å². The van der Waals surface area contributed by atoms with E-state index in [1.165, 1.54) is 26.2 Å². The molecule has 2 aromatic carbocycles.